The Morgan fingerprint density at radius 2 is 1.85 bits per heavy atom. The van der Waals surface area contributed by atoms with E-state index in [1.807, 2.05) is 11.3 Å². The second-order valence-corrected chi connectivity index (χ2v) is 8.07. The Kier molecular flexibility index (Phi) is 4.60. The zero-order valence-electron chi connectivity index (χ0n) is 12.7. The quantitative estimate of drug-likeness (QED) is 0.629. The minimum atomic E-state index is 0.209. The number of benzene rings is 1. The number of halogens is 1. The summed E-state index contributed by atoms with van der Waals surface area (Å²) in [5, 5.41) is 0. The van der Waals surface area contributed by atoms with Crippen molar-refractivity contribution in [2.75, 3.05) is 7.11 Å². The average Bonchev–Trinajstić information content (AvgIpc) is 2.88. The molecule has 3 heteroatoms. The van der Waals surface area contributed by atoms with Gasteiger partial charge in [0.1, 0.15) is 5.75 Å². The van der Waals surface area contributed by atoms with Crippen molar-refractivity contribution < 1.29 is 4.74 Å². The van der Waals surface area contributed by atoms with Crippen LogP contribution in [0.3, 0.4) is 0 Å². The highest BCUT2D eigenvalue weighted by atomic mass is 79.9. The van der Waals surface area contributed by atoms with Gasteiger partial charge in [0.25, 0.3) is 0 Å². The van der Waals surface area contributed by atoms with E-state index in [4.69, 9.17) is 4.74 Å². The summed E-state index contributed by atoms with van der Waals surface area (Å²) >= 11 is 5.69. The maximum absolute atomic E-state index is 5.41. The van der Waals surface area contributed by atoms with Crippen LogP contribution < -0.4 is 4.74 Å². The molecule has 1 atom stereocenters. The number of rotatable bonds is 3. The van der Waals surface area contributed by atoms with E-state index in [1.54, 1.807) is 7.11 Å². The third kappa shape index (κ3) is 3.26. The number of hydrogen-bond donors (Lipinski definition) is 0. The number of alkyl halides is 1. The molecule has 0 fully saturated rings. The van der Waals surface area contributed by atoms with Crippen LogP contribution in [0.15, 0.2) is 30.3 Å². The number of thiophene rings is 1. The fourth-order valence-electron chi connectivity index (χ4n) is 2.05. The van der Waals surface area contributed by atoms with Crippen LogP contribution in [0.25, 0.3) is 0 Å². The molecule has 0 aliphatic rings. The van der Waals surface area contributed by atoms with Gasteiger partial charge in [0.2, 0.25) is 0 Å². The largest absolute Gasteiger partial charge is 0.496 e. The third-order valence-corrected chi connectivity index (χ3v) is 6.24. The average molecular weight is 353 g/mol. The Labute approximate surface area is 134 Å². The van der Waals surface area contributed by atoms with E-state index in [9.17, 15) is 0 Å². The van der Waals surface area contributed by atoms with Crippen molar-refractivity contribution >= 4 is 27.3 Å². The molecule has 0 N–H and O–H groups in total. The molecule has 2 aromatic rings. The van der Waals surface area contributed by atoms with Crippen LogP contribution in [-0.2, 0) is 5.41 Å². The molecule has 0 spiro atoms. The molecule has 1 unspecified atom stereocenters. The number of aryl methyl sites for hydroxylation is 1. The third-order valence-electron chi connectivity index (χ3n) is 3.34. The lowest BCUT2D eigenvalue weighted by atomic mass is 9.95. The highest BCUT2D eigenvalue weighted by Gasteiger charge is 2.20. The van der Waals surface area contributed by atoms with Gasteiger partial charge in [-0.2, -0.15) is 0 Å². The predicted octanol–water partition coefficient (Wildman–Crippen LogP) is 5.85. The van der Waals surface area contributed by atoms with E-state index in [1.165, 1.54) is 15.3 Å². The van der Waals surface area contributed by atoms with E-state index in [0.717, 1.165) is 11.3 Å². The molecule has 0 bridgehead atoms. The zero-order chi connectivity index (χ0) is 14.9. The van der Waals surface area contributed by atoms with Gasteiger partial charge in [0, 0.05) is 9.75 Å². The van der Waals surface area contributed by atoms with E-state index in [0.29, 0.717) is 0 Å². The lowest BCUT2D eigenvalue weighted by Gasteiger charge is -2.16. The van der Waals surface area contributed by atoms with Gasteiger partial charge in [0.15, 0.2) is 0 Å². The van der Waals surface area contributed by atoms with Crippen molar-refractivity contribution in [2.45, 2.75) is 37.9 Å². The summed E-state index contributed by atoms with van der Waals surface area (Å²) in [4.78, 5) is 2.97. The van der Waals surface area contributed by atoms with Crippen LogP contribution in [0.4, 0.5) is 0 Å². The van der Waals surface area contributed by atoms with Crippen LogP contribution in [0, 0.1) is 6.92 Å². The number of ether oxygens (including phenoxy) is 1. The van der Waals surface area contributed by atoms with Crippen molar-refractivity contribution in [1.29, 1.82) is 0 Å². The fraction of sp³-hybridized carbons (Fsp3) is 0.412. The van der Waals surface area contributed by atoms with E-state index >= 15 is 0 Å². The van der Waals surface area contributed by atoms with E-state index in [2.05, 4.69) is 74.0 Å². The maximum atomic E-state index is 5.41. The van der Waals surface area contributed by atoms with Gasteiger partial charge in [-0.3, -0.25) is 0 Å². The number of hydrogen-bond acceptors (Lipinski definition) is 2. The molecule has 20 heavy (non-hydrogen) atoms. The molecule has 0 saturated heterocycles. The molecule has 108 valence electrons. The Bertz CT molecular complexity index is 595. The maximum Gasteiger partial charge on any atom is 0.122 e. The number of methoxy groups -OCH3 is 1. The topological polar surface area (TPSA) is 9.23 Å². The van der Waals surface area contributed by atoms with Gasteiger partial charge in [-0.1, -0.05) is 48.8 Å². The normalized spacial score (nSPS) is 13.3. The molecule has 1 aromatic heterocycles. The highest BCUT2D eigenvalue weighted by molar-refractivity contribution is 9.09. The van der Waals surface area contributed by atoms with Gasteiger partial charge in [-0.05, 0) is 41.7 Å². The van der Waals surface area contributed by atoms with Gasteiger partial charge >= 0.3 is 0 Å². The first-order chi connectivity index (χ1) is 9.32. The molecule has 1 aromatic carbocycles. The lowest BCUT2D eigenvalue weighted by Crippen LogP contribution is -2.07. The van der Waals surface area contributed by atoms with Crippen molar-refractivity contribution in [3.63, 3.8) is 0 Å². The summed E-state index contributed by atoms with van der Waals surface area (Å²) in [6, 6.07) is 10.8. The van der Waals surface area contributed by atoms with Crippen molar-refractivity contribution in [2.24, 2.45) is 0 Å². The van der Waals surface area contributed by atoms with Crippen molar-refractivity contribution in [3.8, 4) is 5.75 Å². The van der Waals surface area contributed by atoms with Gasteiger partial charge < -0.3 is 4.74 Å². The van der Waals surface area contributed by atoms with Crippen LogP contribution in [0.2, 0.25) is 0 Å². The molecular formula is C17H21BrOS. The predicted molar refractivity (Wildman–Crippen MR) is 91.5 cm³/mol. The van der Waals surface area contributed by atoms with Crippen LogP contribution >= 0.6 is 27.3 Å². The molecular weight excluding hydrogens is 332 g/mol. The fourth-order valence-corrected chi connectivity index (χ4v) is 3.84. The Hall–Kier alpha value is -0.800. The van der Waals surface area contributed by atoms with Crippen LogP contribution in [0.5, 0.6) is 5.75 Å². The van der Waals surface area contributed by atoms with Gasteiger partial charge in [-0.15, -0.1) is 11.3 Å². The summed E-state index contributed by atoms with van der Waals surface area (Å²) in [5.74, 6) is 0.944. The molecule has 0 saturated carbocycles. The standard InChI is InChI=1S/C17H21BrOS/c1-11-6-7-12(10-13(11)19-5)16(18)14-8-9-15(20-14)17(2,3)4/h6-10,16H,1-5H3. The Morgan fingerprint density at radius 1 is 1.15 bits per heavy atom. The molecule has 1 nitrogen and oxygen atoms in total. The zero-order valence-corrected chi connectivity index (χ0v) is 15.1. The van der Waals surface area contributed by atoms with Crippen molar-refractivity contribution in [3.05, 3.63) is 51.2 Å². The SMILES string of the molecule is COc1cc(C(Br)c2ccc(C(C)(C)C)s2)ccc1C. The Balaban J connectivity index is 2.31. The highest BCUT2D eigenvalue weighted by Crippen LogP contribution is 2.39. The molecule has 0 radical (unpaired) electrons. The summed E-state index contributed by atoms with van der Waals surface area (Å²) < 4.78 is 5.41. The minimum absolute atomic E-state index is 0.209. The second kappa shape index (κ2) is 5.90. The van der Waals surface area contributed by atoms with Crippen LogP contribution in [-0.4, -0.2) is 7.11 Å². The second-order valence-electron chi connectivity index (χ2n) is 6.04. The summed E-state index contributed by atoms with van der Waals surface area (Å²) in [7, 11) is 1.72. The first kappa shape index (κ1) is 15.6. The lowest BCUT2D eigenvalue weighted by molar-refractivity contribution is 0.411. The summed E-state index contributed by atoms with van der Waals surface area (Å²) in [5.41, 5.74) is 2.60. The first-order valence-corrected chi connectivity index (χ1v) is 8.45. The molecule has 1 heterocycles. The van der Waals surface area contributed by atoms with E-state index in [-0.39, 0.29) is 10.2 Å². The van der Waals surface area contributed by atoms with Gasteiger partial charge in [0.05, 0.1) is 11.9 Å². The molecule has 0 amide bonds. The van der Waals surface area contributed by atoms with Crippen molar-refractivity contribution in [1.82, 2.24) is 0 Å². The van der Waals surface area contributed by atoms with E-state index < -0.39 is 0 Å². The molecule has 0 aliphatic carbocycles. The minimum Gasteiger partial charge on any atom is -0.496 e. The summed E-state index contributed by atoms with van der Waals surface area (Å²) in [6.07, 6.45) is 0. The van der Waals surface area contributed by atoms with Gasteiger partial charge in [-0.25, -0.2) is 0 Å². The van der Waals surface area contributed by atoms with Crippen LogP contribution in [0.1, 0.15) is 46.5 Å². The summed E-state index contributed by atoms with van der Waals surface area (Å²) in [6.45, 7) is 8.82. The monoisotopic (exact) mass is 352 g/mol. The first-order valence-electron chi connectivity index (χ1n) is 6.71. The molecule has 0 aliphatic heterocycles. The smallest absolute Gasteiger partial charge is 0.122 e. The molecule has 2 rings (SSSR count). The Morgan fingerprint density at radius 3 is 2.40 bits per heavy atom.